The predicted molar refractivity (Wildman–Crippen MR) is 106 cm³/mol. The van der Waals surface area contributed by atoms with Crippen LogP contribution in [0.3, 0.4) is 0 Å². The molecule has 6 nitrogen and oxygen atoms in total. The topological polar surface area (TPSA) is 133 Å². The third kappa shape index (κ3) is 5.50. The van der Waals surface area contributed by atoms with Crippen molar-refractivity contribution in [2.24, 2.45) is 0 Å². The summed E-state index contributed by atoms with van der Waals surface area (Å²) < 4.78 is 8.70. The van der Waals surface area contributed by atoms with E-state index in [9.17, 15) is 0 Å². The van der Waals surface area contributed by atoms with Crippen LogP contribution >= 0.6 is 8.25 Å². The van der Waals surface area contributed by atoms with Gasteiger partial charge in [-0.1, -0.05) is 36.4 Å². The molecule has 0 heterocycles. The highest BCUT2D eigenvalue weighted by atomic mass is 31.1. The third-order valence-corrected chi connectivity index (χ3v) is 3.57. The van der Waals surface area contributed by atoms with Crippen molar-refractivity contribution in [3.05, 3.63) is 89.5 Å². The fourth-order valence-electron chi connectivity index (χ4n) is 2.44. The first-order chi connectivity index (χ1) is 12.4. The normalized spacial score (nSPS) is 12.4. The van der Waals surface area contributed by atoms with Crippen molar-refractivity contribution in [2.75, 3.05) is 11.5 Å². The lowest BCUT2D eigenvalue weighted by atomic mass is 9.90. The lowest BCUT2D eigenvalue weighted by Crippen LogP contribution is -1.97. The summed E-state index contributed by atoms with van der Waals surface area (Å²) in [5, 5.41) is 7.66. The van der Waals surface area contributed by atoms with Gasteiger partial charge in [0.05, 0.1) is 5.71 Å². The largest absolute Gasteiger partial charge is 0.692 e. The number of anilines is 2. The average molecular weight is 368 g/mol. The Kier molecular flexibility index (Phi) is 6.58. The van der Waals surface area contributed by atoms with Crippen LogP contribution in [-0.2, 0) is 4.57 Å². The van der Waals surface area contributed by atoms with E-state index in [4.69, 9.17) is 31.2 Å². The van der Waals surface area contributed by atoms with Crippen LogP contribution < -0.4 is 11.5 Å². The first-order valence-electron chi connectivity index (χ1n) is 7.62. The van der Waals surface area contributed by atoms with Crippen LogP contribution in [0.2, 0.25) is 0 Å². The molecule has 0 aliphatic heterocycles. The van der Waals surface area contributed by atoms with Gasteiger partial charge in [0.2, 0.25) is 0 Å². The van der Waals surface area contributed by atoms with Crippen molar-refractivity contribution >= 4 is 30.9 Å². The molecule has 7 N–H and O–H groups in total. The summed E-state index contributed by atoms with van der Waals surface area (Å²) in [4.78, 5) is 14.2. The second kappa shape index (κ2) is 8.87. The van der Waals surface area contributed by atoms with E-state index in [1.807, 2.05) is 60.7 Å². The van der Waals surface area contributed by atoms with Crippen LogP contribution in [0.4, 0.5) is 11.4 Å². The molecular formula is C19H19N3O3P+. The van der Waals surface area contributed by atoms with Crippen molar-refractivity contribution in [1.29, 1.82) is 5.41 Å². The summed E-state index contributed by atoms with van der Waals surface area (Å²) in [6.07, 6.45) is 7.52. The molecule has 0 fully saturated rings. The maximum atomic E-state index is 8.70. The Balaban J connectivity index is 0.000000552. The van der Waals surface area contributed by atoms with E-state index in [1.54, 1.807) is 12.2 Å². The molecule has 0 saturated heterocycles. The minimum absolute atomic E-state index is 0.498. The van der Waals surface area contributed by atoms with Gasteiger partial charge in [-0.15, -0.1) is 9.79 Å². The number of nitrogens with one attached hydrogen (secondary N) is 1. The molecule has 0 amide bonds. The van der Waals surface area contributed by atoms with Crippen LogP contribution in [0.25, 0.3) is 5.57 Å². The van der Waals surface area contributed by atoms with Crippen LogP contribution in [0.5, 0.6) is 0 Å². The lowest BCUT2D eigenvalue weighted by Gasteiger charge is -2.14. The molecule has 1 aliphatic rings. The third-order valence-electron chi connectivity index (χ3n) is 3.57. The van der Waals surface area contributed by atoms with E-state index < -0.39 is 8.25 Å². The monoisotopic (exact) mass is 368 g/mol. The molecule has 0 unspecified atom stereocenters. The molecule has 0 aromatic heterocycles. The Labute approximate surface area is 152 Å². The molecular weight excluding hydrogens is 349 g/mol. The van der Waals surface area contributed by atoms with Crippen LogP contribution in [-0.4, -0.2) is 15.5 Å². The number of rotatable bonds is 2. The number of hydrogen-bond donors (Lipinski definition) is 5. The van der Waals surface area contributed by atoms with Gasteiger partial charge in [-0.25, -0.2) is 0 Å². The fraction of sp³-hybridized carbons (Fsp3) is 0. The molecule has 0 spiro atoms. The highest BCUT2D eigenvalue weighted by molar-refractivity contribution is 7.30. The van der Waals surface area contributed by atoms with Crippen molar-refractivity contribution in [2.45, 2.75) is 0 Å². The van der Waals surface area contributed by atoms with E-state index in [2.05, 4.69) is 0 Å². The summed E-state index contributed by atoms with van der Waals surface area (Å²) in [5.74, 6) is 0. The summed E-state index contributed by atoms with van der Waals surface area (Å²) in [6, 6.07) is 15.6. The number of benzene rings is 2. The zero-order chi connectivity index (χ0) is 19.1. The first kappa shape index (κ1) is 19.3. The van der Waals surface area contributed by atoms with Gasteiger partial charge in [0.25, 0.3) is 0 Å². The zero-order valence-corrected chi connectivity index (χ0v) is 14.7. The van der Waals surface area contributed by atoms with Crippen molar-refractivity contribution < 1.29 is 14.4 Å². The summed E-state index contributed by atoms with van der Waals surface area (Å²) in [5.41, 5.74) is 17.9. The Hall–Kier alpha value is -3.05. The van der Waals surface area contributed by atoms with Gasteiger partial charge >= 0.3 is 8.25 Å². The molecule has 132 valence electrons. The van der Waals surface area contributed by atoms with E-state index in [-0.39, 0.29) is 0 Å². The van der Waals surface area contributed by atoms with Gasteiger partial charge < -0.3 is 16.9 Å². The minimum Gasteiger partial charge on any atom is -0.399 e. The molecule has 3 rings (SSSR count). The number of nitrogen functional groups attached to an aromatic ring is 2. The number of allylic oxidation sites excluding steroid dienone is 5. The molecule has 26 heavy (non-hydrogen) atoms. The Morgan fingerprint density at radius 3 is 1.46 bits per heavy atom. The maximum Gasteiger partial charge on any atom is 0.692 e. The summed E-state index contributed by atoms with van der Waals surface area (Å²) in [7, 11) is -2.87. The lowest BCUT2D eigenvalue weighted by molar-refractivity contribution is 0.405. The van der Waals surface area contributed by atoms with E-state index >= 15 is 0 Å². The van der Waals surface area contributed by atoms with Crippen molar-refractivity contribution in [3.8, 4) is 0 Å². The molecule has 2 aromatic rings. The number of nitrogens with two attached hydrogens (primary N) is 2. The number of hydrogen-bond acceptors (Lipinski definition) is 4. The minimum atomic E-state index is -2.87. The SMILES string of the molecule is N=C1C=CC(=C(c2ccc(N)cc2)c2ccc(N)cc2)C=C1.O=[P+](O)O. The van der Waals surface area contributed by atoms with E-state index in [0.29, 0.717) is 5.71 Å². The van der Waals surface area contributed by atoms with Crippen LogP contribution in [0.15, 0.2) is 78.4 Å². The first-order valence-corrected chi connectivity index (χ1v) is 8.79. The highest BCUT2D eigenvalue weighted by Gasteiger charge is 2.10. The molecule has 0 atom stereocenters. The van der Waals surface area contributed by atoms with Crippen molar-refractivity contribution in [3.63, 3.8) is 0 Å². The quantitative estimate of drug-likeness (QED) is 0.409. The van der Waals surface area contributed by atoms with E-state index in [1.165, 1.54) is 0 Å². The summed E-state index contributed by atoms with van der Waals surface area (Å²) >= 11 is 0. The Morgan fingerprint density at radius 1 is 0.769 bits per heavy atom. The van der Waals surface area contributed by atoms with Gasteiger partial charge in [0.15, 0.2) is 0 Å². The highest BCUT2D eigenvalue weighted by Crippen LogP contribution is 2.30. The second-order valence-electron chi connectivity index (χ2n) is 5.45. The fourth-order valence-corrected chi connectivity index (χ4v) is 2.44. The maximum absolute atomic E-state index is 8.70. The van der Waals surface area contributed by atoms with Crippen molar-refractivity contribution in [1.82, 2.24) is 0 Å². The summed E-state index contributed by atoms with van der Waals surface area (Å²) in [6.45, 7) is 0. The molecule has 0 saturated carbocycles. The van der Waals surface area contributed by atoms with Gasteiger partial charge in [-0.3, -0.25) is 0 Å². The second-order valence-corrected chi connectivity index (χ2v) is 5.95. The smallest absolute Gasteiger partial charge is 0.399 e. The molecule has 2 aromatic carbocycles. The van der Waals surface area contributed by atoms with Gasteiger partial charge in [0, 0.05) is 15.9 Å². The van der Waals surface area contributed by atoms with Gasteiger partial charge in [-0.05, 0) is 58.7 Å². The Bertz CT molecular complexity index is 829. The van der Waals surface area contributed by atoms with Crippen LogP contribution in [0, 0.1) is 5.41 Å². The van der Waals surface area contributed by atoms with Gasteiger partial charge in [-0.2, -0.15) is 0 Å². The van der Waals surface area contributed by atoms with E-state index in [0.717, 1.165) is 33.6 Å². The predicted octanol–water partition coefficient (Wildman–Crippen LogP) is 3.43. The molecule has 0 radical (unpaired) electrons. The zero-order valence-electron chi connectivity index (χ0n) is 13.8. The van der Waals surface area contributed by atoms with Gasteiger partial charge in [0.1, 0.15) is 0 Å². The Morgan fingerprint density at radius 2 is 1.12 bits per heavy atom. The average Bonchev–Trinajstić information content (AvgIpc) is 2.60. The standard InChI is InChI=1S/C19H17N3.HO3P/c20-16-7-1-13(2-8-16)19(14-3-9-17(21)10-4-14)15-5-11-18(22)12-6-15;1-4(2)3/h1-12,20H,21-22H2;(H-,1,2,3)/p+1. The molecule has 1 aliphatic carbocycles. The van der Waals surface area contributed by atoms with Crippen LogP contribution in [0.1, 0.15) is 11.1 Å². The molecule has 0 bridgehead atoms. The molecule has 7 heteroatoms.